The van der Waals surface area contributed by atoms with Crippen molar-refractivity contribution in [3.8, 4) is 22.8 Å². The normalized spacial score (nSPS) is 13.0. The summed E-state index contributed by atoms with van der Waals surface area (Å²) in [6.45, 7) is 1.21. The van der Waals surface area contributed by atoms with Gasteiger partial charge < -0.3 is 13.9 Å². The van der Waals surface area contributed by atoms with Gasteiger partial charge in [-0.3, -0.25) is 0 Å². The van der Waals surface area contributed by atoms with E-state index in [2.05, 4.69) is 4.98 Å². The van der Waals surface area contributed by atoms with Gasteiger partial charge in [-0.1, -0.05) is 6.07 Å². The lowest BCUT2D eigenvalue weighted by Crippen LogP contribution is -2.15. The highest BCUT2D eigenvalue weighted by atomic mass is 79.9. The van der Waals surface area contributed by atoms with Crippen molar-refractivity contribution < 1.29 is 9.47 Å². The molecular formula is C15H13BrN2O2. The highest BCUT2D eigenvalue weighted by molar-refractivity contribution is 8.93. The zero-order chi connectivity index (χ0) is 12.7. The number of hydrogen-bond donors (Lipinski definition) is 0. The first-order valence-corrected chi connectivity index (χ1v) is 6.24. The molecule has 1 aliphatic heterocycles. The van der Waals surface area contributed by atoms with Crippen molar-refractivity contribution in [3.63, 3.8) is 0 Å². The second-order valence-electron chi connectivity index (χ2n) is 4.45. The van der Waals surface area contributed by atoms with Crippen molar-refractivity contribution in [2.24, 2.45) is 0 Å². The third-order valence-electron chi connectivity index (χ3n) is 3.20. The average molecular weight is 333 g/mol. The molecule has 0 unspecified atom stereocenters. The molecule has 4 nitrogen and oxygen atoms in total. The number of nitrogens with zero attached hydrogens (tertiary/aromatic N) is 2. The van der Waals surface area contributed by atoms with E-state index >= 15 is 0 Å². The summed E-state index contributed by atoms with van der Waals surface area (Å²) in [7, 11) is 0. The van der Waals surface area contributed by atoms with Crippen molar-refractivity contribution in [3.05, 3.63) is 48.8 Å². The van der Waals surface area contributed by atoms with Gasteiger partial charge in [0.1, 0.15) is 18.9 Å². The summed E-state index contributed by atoms with van der Waals surface area (Å²) in [4.78, 5) is 4.60. The van der Waals surface area contributed by atoms with Crippen molar-refractivity contribution >= 4 is 22.6 Å². The first-order valence-electron chi connectivity index (χ1n) is 6.24. The van der Waals surface area contributed by atoms with Gasteiger partial charge in [0, 0.05) is 18.0 Å². The third-order valence-corrected chi connectivity index (χ3v) is 3.20. The van der Waals surface area contributed by atoms with Gasteiger partial charge in [-0.15, -0.1) is 17.0 Å². The molecule has 1 aliphatic rings. The fourth-order valence-corrected chi connectivity index (χ4v) is 2.28. The Kier molecular flexibility index (Phi) is 3.36. The van der Waals surface area contributed by atoms with Gasteiger partial charge in [0.05, 0.1) is 5.69 Å². The molecule has 20 heavy (non-hydrogen) atoms. The van der Waals surface area contributed by atoms with Crippen molar-refractivity contribution in [2.45, 2.75) is 0 Å². The van der Waals surface area contributed by atoms with Gasteiger partial charge in [0.15, 0.2) is 11.5 Å². The summed E-state index contributed by atoms with van der Waals surface area (Å²) < 4.78 is 13.1. The summed E-state index contributed by atoms with van der Waals surface area (Å²) in [5.74, 6) is 1.60. The van der Waals surface area contributed by atoms with E-state index in [1.807, 2.05) is 53.2 Å². The quantitative estimate of drug-likeness (QED) is 0.685. The third kappa shape index (κ3) is 2.14. The van der Waals surface area contributed by atoms with E-state index in [0.717, 1.165) is 28.4 Å². The number of ether oxygens (including phenoxy) is 2. The molecule has 0 N–H and O–H groups in total. The highest BCUT2D eigenvalue weighted by Crippen LogP contribution is 2.34. The molecule has 102 valence electrons. The number of imidazole rings is 1. The maximum absolute atomic E-state index is 5.60. The van der Waals surface area contributed by atoms with Crippen molar-refractivity contribution in [2.75, 3.05) is 13.2 Å². The molecule has 0 radical (unpaired) electrons. The van der Waals surface area contributed by atoms with E-state index in [1.54, 1.807) is 0 Å². The molecule has 5 heteroatoms. The zero-order valence-corrected chi connectivity index (χ0v) is 12.4. The number of aromatic nitrogens is 2. The summed E-state index contributed by atoms with van der Waals surface area (Å²) in [6, 6.07) is 11.9. The first kappa shape index (κ1) is 13.0. The largest absolute Gasteiger partial charge is 0.486 e. The van der Waals surface area contributed by atoms with Gasteiger partial charge in [-0.05, 0) is 30.3 Å². The van der Waals surface area contributed by atoms with Crippen LogP contribution in [0.2, 0.25) is 0 Å². The van der Waals surface area contributed by atoms with Crippen molar-refractivity contribution in [1.82, 2.24) is 9.38 Å². The maximum Gasteiger partial charge on any atom is 0.162 e. The van der Waals surface area contributed by atoms with Gasteiger partial charge in [0.25, 0.3) is 0 Å². The number of rotatable bonds is 1. The van der Waals surface area contributed by atoms with Crippen LogP contribution in [0.5, 0.6) is 11.5 Å². The standard InChI is InChI=1S/C15H12N2O2.BrH/c1-2-6-17-10-12(16-15(17)3-1)11-4-5-13-14(9-11)19-8-7-18-13;/h1-6,9-10H,7-8H2;1H. The molecule has 0 atom stereocenters. The minimum atomic E-state index is 0. The fraction of sp³-hybridized carbons (Fsp3) is 0.133. The summed E-state index contributed by atoms with van der Waals surface area (Å²) in [5.41, 5.74) is 2.91. The minimum Gasteiger partial charge on any atom is -0.486 e. The molecule has 2 aromatic heterocycles. The molecule has 3 aromatic rings. The zero-order valence-electron chi connectivity index (χ0n) is 10.7. The molecule has 0 aliphatic carbocycles. The number of halogens is 1. The Hall–Kier alpha value is -2.01. The Morgan fingerprint density at radius 2 is 1.85 bits per heavy atom. The maximum atomic E-state index is 5.60. The Balaban J connectivity index is 0.00000121. The molecule has 0 amide bonds. The Labute approximate surface area is 126 Å². The van der Waals surface area contributed by atoms with Crippen LogP contribution in [0.25, 0.3) is 16.9 Å². The van der Waals surface area contributed by atoms with Crippen LogP contribution in [0.15, 0.2) is 48.8 Å². The number of hydrogen-bond acceptors (Lipinski definition) is 3. The van der Waals surface area contributed by atoms with Gasteiger partial charge in [-0.2, -0.15) is 0 Å². The van der Waals surface area contributed by atoms with Gasteiger partial charge >= 0.3 is 0 Å². The van der Waals surface area contributed by atoms with Crippen LogP contribution in [-0.4, -0.2) is 22.6 Å². The van der Waals surface area contributed by atoms with E-state index in [0.29, 0.717) is 13.2 Å². The predicted octanol–water partition coefficient (Wildman–Crippen LogP) is 3.35. The van der Waals surface area contributed by atoms with E-state index in [4.69, 9.17) is 9.47 Å². The lowest BCUT2D eigenvalue weighted by atomic mass is 10.1. The number of fused-ring (bicyclic) bond motifs is 2. The lowest BCUT2D eigenvalue weighted by Gasteiger charge is -2.18. The number of benzene rings is 1. The van der Waals surface area contributed by atoms with E-state index < -0.39 is 0 Å². The van der Waals surface area contributed by atoms with Crippen LogP contribution in [0, 0.1) is 0 Å². The molecule has 0 fully saturated rings. The van der Waals surface area contributed by atoms with Gasteiger partial charge in [0.2, 0.25) is 0 Å². The van der Waals surface area contributed by atoms with Crippen LogP contribution in [-0.2, 0) is 0 Å². The number of pyridine rings is 1. The molecule has 0 bridgehead atoms. The summed E-state index contributed by atoms with van der Waals surface area (Å²) >= 11 is 0. The Bertz CT molecular complexity index is 721. The monoisotopic (exact) mass is 332 g/mol. The highest BCUT2D eigenvalue weighted by Gasteiger charge is 2.13. The smallest absolute Gasteiger partial charge is 0.162 e. The van der Waals surface area contributed by atoms with Crippen molar-refractivity contribution in [1.29, 1.82) is 0 Å². The topological polar surface area (TPSA) is 35.8 Å². The van der Waals surface area contributed by atoms with Crippen LogP contribution in [0.1, 0.15) is 0 Å². The molecule has 0 spiro atoms. The van der Waals surface area contributed by atoms with Crippen LogP contribution < -0.4 is 9.47 Å². The van der Waals surface area contributed by atoms with Crippen LogP contribution in [0.4, 0.5) is 0 Å². The summed E-state index contributed by atoms with van der Waals surface area (Å²) in [6.07, 6.45) is 4.00. The van der Waals surface area contributed by atoms with E-state index in [9.17, 15) is 0 Å². The molecule has 4 rings (SSSR count). The SMILES string of the molecule is Br.c1ccn2cc(-c3ccc4c(c3)OCCO4)nc2c1. The van der Waals surface area contributed by atoms with Crippen LogP contribution in [0.3, 0.4) is 0 Å². The second-order valence-corrected chi connectivity index (χ2v) is 4.45. The average Bonchev–Trinajstić information content (AvgIpc) is 2.90. The van der Waals surface area contributed by atoms with Gasteiger partial charge in [-0.25, -0.2) is 4.98 Å². The molecule has 3 heterocycles. The first-order chi connectivity index (χ1) is 9.40. The Morgan fingerprint density at radius 3 is 2.70 bits per heavy atom. The molecule has 0 saturated heterocycles. The molecule has 0 saturated carbocycles. The molecular weight excluding hydrogens is 320 g/mol. The van der Waals surface area contributed by atoms with Crippen LogP contribution >= 0.6 is 17.0 Å². The Morgan fingerprint density at radius 1 is 1.00 bits per heavy atom. The van der Waals surface area contributed by atoms with E-state index in [-0.39, 0.29) is 17.0 Å². The molecule has 1 aromatic carbocycles. The second kappa shape index (κ2) is 5.17. The summed E-state index contributed by atoms with van der Waals surface area (Å²) in [5, 5.41) is 0. The lowest BCUT2D eigenvalue weighted by molar-refractivity contribution is 0.171. The predicted molar refractivity (Wildman–Crippen MR) is 81.9 cm³/mol. The minimum absolute atomic E-state index is 0. The van der Waals surface area contributed by atoms with E-state index in [1.165, 1.54) is 0 Å². The fourth-order valence-electron chi connectivity index (χ4n) is 2.28.